The highest BCUT2D eigenvalue weighted by Gasteiger charge is 2.32. The predicted octanol–water partition coefficient (Wildman–Crippen LogP) is 4.68. The quantitative estimate of drug-likeness (QED) is 0.517. The molecule has 2 aromatic carbocycles. The Bertz CT molecular complexity index is 759. The summed E-state index contributed by atoms with van der Waals surface area (Å²) in [6, 6.07) is 18.5. The van der Waals surface area contributed by atoms with E-state index in [1.807, 2.05) is 60.7 Å². The van der Waals surface area contributed by atoms with Crippen LogP contribution >= 0.6 is 7.60 Å². The number of ketones is 1. The van der Waals surface area contributed by atoms with Crippen molar-refractivity contribution in [1.82, 2.24) is 0 Å². The maximum Gasteiger partial charge on any atom is 0.332 e. The van der Waals surface area contributed by atoms with Gasteiger partial charge in [0.05, 0.1) is 19.4 Å². The number of hydrogen-bond acceptors (Lipinski definition) is 5. The summed E-state index contributed by atoms with van der Waals surface area (Å²) in [5, 5.41) is 8.90. The SMILES string of the molecule is CC(=O)C(CCC(=O)O)CP(=O)(OCc1ccccc1)OCc1ccccc1. The van der Waals surface area contributed by atoms with Gasteiger partial charge in [-0.15, -0.1) is 0 Å². The van der Waals surface area contributed by atoms with E-state index in [0.29, 0.717) is 0 Å². The minimum absolute atomic E-state index is 0.0798. The molecule has 28 heavy (non-hydrogen) atoms. The van der Waals surface area contributed by atoms with Crippen molar-refractivity contribution < 1.29 is 28.3 Å². The predicted molar refractivity (Wildman–Crippen MR) is 106 cm³/mol. The van der Waals surface area contributed by atoms with Crippen LogP contribution in [-0.4, -0.2) is 23.0 Å². The molecule has 0 saturated heterocycles. The first-order valence-corrected chi connectivity index (χ1v) is 10.8. The van der Waals surface area contributed by atoms with Crippen LogP contribution in [0.2, 0.25) is 0 Å². The Kier molecular flexibility index (Phi) is 8.58. The zero-order valence-corrected chi connectivity index (χ0v) is 16.7. The number of rotatable bonds is 12. The molecule has 1 N–H and O–H groups in total. The second kappa shape index (κ2) is 10.9. The molecule has 2 aromatic rings. The van der Waals surface area contributed by atoms with Gasteiger partial charge in [-0.2, -0.15) is 0 Å². The first-order chi connectivity index (χ1) is 13.4. The van der Waals surface area contributed by atoms with Gasteiger partial charge in [0.1, 0.15) is 5.78 Å². The van der Waals surface area contributed by atoms with Crippen LogP contribution in [0.1, 0.15) is 30.9 Å². The summed E-state index contributed by atoms with van der Waals surface area (Å²) in [5.74, 6) is -1.93. The second-order valence-electron chi connectivity index (χ2n) is 6.55. The molecule has 2 rings (SSSR count). The van der Waals surface area contributed by atoms with E-state index in [0.717, 1.165) is 11.1 Å². The standard InChI is InChI=1S/C21H25O6P/c1-17(22)20(12-13-21(23)24)16-28(25,26-14-18-8-4-2-5-9-18)27-15-19-10-6-3-7-11-19/h2-11,20H,12-16H2,1H3,(H,23,24). The molecule has 1 unspecified atom stereocenters. The summed E-state index contributed by atoms with van der Waals surface area (Å²) in [5.41, 5.74) is 1.66. The number of aliphatic carboxylic acids is 1. The van der Waals surface area contributed by atoms with Crippen molar-refractivity contribution in [3.05, 3.63) is 71.8 Å². The summed E-state index contributed by atoms with van der Waals surface area (Å²) in [7, 11) is -3.63. The van der Waals surface area contributed by atoms with Crippen LogP contribution < -0.4 is 0 Å². The Labute approximate surface area is 165 Å². The van der Waals surface area contributed by atoms with Gasteiger partial charge in [0.15, 0.2) is 0 Å². The first kappa shape index (κ1) is 22.0. The van der Waals surface area contributed by atoms with Crippen LogP contribution in [-0.2, 0) is 36.4 Å². The number of hydrogen-bond donors (Lipinski definition) is 1. The minimum atomic E-state index is -3.63. The molecular weight excluding hydrogens is 379 g/mol. The minimum Gasteiger partial charge on any atom is -0.481 e. The summed E-state index contributed by atoms with van der Waals surface area (Å²) in [6.07, 6.45) is -0.227. The van der Waals surface area contributed by atoms with Gasteiger partial charge in [-0.3, -0.25) is 14.2 Å². The summed E-state index contributed by atoms with van der Waals surface area (Å²) in [6.45, 7) is 1.53. The molecular formula is C21H25O6P. The van der Waals surface area contributed by atoms with E-state index in [9.17, 15) is 14.2 Å². The van der Waals surface area contributed by atoms with Gasteiger partial charge in [0.25, 0.3) is 0 Å². The van der Waals surface area contributed by atoms with E-state index < -0.39 is 19.5 Å². The van der Waals surface area contributed by atoms with Gasteiger partial charge < -0.3 is 14.2 Å². The zero-order valence-electron chi connectivity index (χ0n) is 15.8. The van der Waals surface area contributed by atoms with Crippen LogP contribution in [0.5, 0.6) is 0 Å². The van der Waals surface area contributed by atoms with Crippen LogP contribution in [0.15, 0.2) is 60.7 Å². The third-order valence-corrected chi connectivity index (χ3v) is 6.20. The fraction of sp³-hybridized carbons (Fsp3) is 0.333. The van der Waals surface area contributed by atoms with E-state index in [-0.39, 0.29) is 38.0 Å². The number of Topliss-reactive ketones (excluding diaryl/α,β-unsaturated/α-hetero) is 1. The van der Waals surface area contributed by atoms with Crippen molar-refractivity contribution in [3.8, 4) is 0 Å². The lowest BCUT2D eigenvalue weighted by atomic mass is 10.0. The van der Waals surface area contributed by atoms with Crippen molar-refractivity contribution in [2.24, 2.45) is 5.92 Å². The van der Waals surface area contributed by atoms with Crippen LogP contribution in [0.3, 0.4) is 0 Å². The molecule has 0 heterocycles. The van der Waals surface area contributed by atoms with Crippen molar-refractivity contribution in [2.75, 3.05) is 6.16 Å². The Morgan fingerprint density at radius 3 is 1.79 bits per heavy atom. The molecule has 6 nitrogen and oxygen atoms in total. The van der Waals surface area contributed by atoms with Gasteiger partial charge in [-0.25, -0.2) is 0 Å². The maximum absolute atomic E-state index is 13.4. The van der Waals surface area contributed by atoms with E-state index in [4.69, 9.17) is 14.2 Å². The lowest BCUT2D eigenvalue weighted by Gasteiger charge is -2.22. The third kappa shape index (κ3) is 7.77. The van der Waals surface area contributed by atoms with Crippen molar-refractivity contribution in [3.63, 3.8) is 0 Å². The van der Waals surface area contributed by atoms with E-state index >= 15 is 0 Å². The van der Waals surface area contributed by atoms with Gasteiger partial charge >= 0.3 is 13.6 Å². The topological polar surface area (TPSA) is 89.9 Å². The molecule has 1 atom stereocenters. The zero-order chi connectivity index (χ0) is 20.4. The summed E-state index contributed by atoms with van der Waals surface area (Å²) >= 11 is 0. The molecule has 0 spiro atoms. The van der Waals surface area contributed by atoms with Gasteiger partial charge in [-0.05, 0) is 24.5 Å². The van der Waals surface area contributed by atoms with Gasteiger partial charge in [0.2, 0.25) is 0 Å². The Hall–Kier alpha value is -2.27. The largest absolute Gasteiger partial charge is 0.481 e. The van der Waals surface area contributed by atoms with Crippen LogP contribution in [0.4, 0.5) is 0 Å². The van der Waals surface area contributed by atoms with Crippen molar-refractivity contribution >= 4 is 19.3 Å². The second-order valence-corrected chi connectivity index (χ2v) is 8.65. The fourth-order valence-corrected chi connectivity index (χ4v) is 4.58. The monoisotopic (exact) mass is 404 g/mol. The number of benzene rings is 2. The average Bonchev–Trinajstić information content (AvgIpc) is 2.69. The van der Waals surface area contributed by atoms with Crippen molar-refractivity contribution in [1.29, 1.82) is 0 Å². The Balaban J connectivity index is 2.11. The average molecular weight is 404 g/mol. The van der Waals surface area contributed by atoms with Crippen LogP contribution in [0, 0.1) is 5.92 Å². The third-order valence-electron chi connectivity index (χ3n) is 4.27. The molecule has 0 amide bonds. The first-order valence-electron chi connectivity index (χ1n) is 9.06. The number of carbonyl (C=O) groups is 2. The molecule has 0 aliphatic rings. The fourth-order valence-electron chi connectivity index (χ4n) is 2.63. The van der Waals surface area contributed by atoms with E-state index in [2.05, 4.69) is 0 Å². The van der Waals surface area contributed by atoms with E-state index in [1.165, 1.54) is 6.92 Å². The molecule has 0 saturated carbocycles. The highest BCUT2D eigenvalue weighted by atomic mass is 31.2. The van der Waals surface area contributed by atoms with Gasteiger partial charge in [-0.1, -0.05) is 60.7 Å². The highest BCUT2D eigenvalue weighted by Crippen LogP contribution is 2.52. The molecule has 0 aromatic heterocycles. The molecule has 7 heteroatoms. The molecule has 0 aliphatic heterocycles. The van der Waals surface area contributed by atoms with E-state index in [1.54, 1.807) is 0 Å². The number of carboxylic acid groups (broad SMARTS) is 1. The maximum atomic E-state index is 13.4. The molecule has 0 aliphatic carbocycles. The Morgan fingerprint density at radius 1 is 0.929 bits per heavy atom. The number of carbonyl (C=O) groups excluding carboxylic acids is 1. The lowest BCUT2D eigenvalue weighted by Crippen LogP contribution is -2.19. The summed E-state index contributed by atoms with van der Waals surface area (Å²) in [4.78, 5) is 22.8. The lowest BCUT2D eigenvalue weighted by molar-refractivity contribution is -0.137. The summed E-state index contributed by atoms with van der Waals surface area (Å²) < 4.78 is 24.7. The molecule has 0 fully saturated rings. The molecule has 0 radical (unpaired) electrons. The van der Waals surface area contributed by atoms with Gasteiger partial charge in [0, 0.05) is 12.3 Å². The molecule has 0 bridgehead atoms. The Morgan fingerprint density at radius 2 is 1.39 bits per heavy atom. The van der Waals surface area contributed by atoms with Crippen molar-refractivity contribution in [2.45, 2.75) is 33.0 Å². The van der Waals surface area contributed by atoms with Crippen LogP contribution in [0.25, 0.3) is 0 Å². The normalized spacial score (nSPS) is 12.5. The smallest absolute Gasteiger partial charge is 0.332 e. The highest BCUT2D eigenvalue weighted by molar-refractivity contribution is 7.53. The molecule has 150 valence electrons. The number of carboxylic acids is 1.